The molecule has 1 unspecified atom stereocenters. The number of hydrogen-bond donors (Lipinski definition) is 9. The van der Waals surface area contributed by atoms with Crippen LogP contribution in [0.25, 0.3) is 0 Å². The molecule has 2 aliphatic rings. The highest BCUT2D eigenvalue weighted by Crippen LogP contribution is 2.35. The SMILES string of the molecule is [2H]C(O[C@]1(C(=O)O)C[C@@H](O)[C@@H](O)[C@@H]([C@H](O)CO)O1)[C@@H](O)[C@H]1O[C@@](OC)(C(=O)O)C[C@@H](O)[C@H]1O. The van der Waals surface area contributed by atoms with Crippen LogP contribution in [0.5, 0.6) is 0 Å². The Morgan fingerprint density at radius 2 is 1.41 bits per heavy atom. The predicted octanol–water partition coefficient (Wildman–Crippen LogP) is -5.05. The molecule has 0 amide bonds. The van der Waals surface area contributed by atoms with Crippen molar-refractivity contribution in [2.45, 2.75) is 73.2 Å². The number of aliphatic carboxylic acids is 2. The Morgan fingerprint density at radius 1 is 0.969 bits per heavy atom. The highest BCUT2D eigenvalue weighted by atomic mass is 16.7. The van der Waals surface area contributed by atoms with Crippen LogP contribution in [0.2, 0.25) is 0 Å². The number of hydrogen-bond acceptors (Lipinski definition) is 13. The van der Waals surface area contributed by atoms with Gasteiger partial charge in [-0.15, -0.1) is 0 Å². The Hall–Kier alpha value is -1.50. The molecule has 11 atom stereocenters. The van der Waals surface area contributed by atoms with Gasteiger partial charge >= 0.3 is 11.9 Å². The number of aliphatic hydroxyl groups is 7. The van der Waals surface area contributed by atoms with Crippen LogP contribution in [0, 0.1) is 0 Å². The van der Waals surface area contributed by atoms with E-state index in [1.54, 1.807) is 0 Å². The maximum Gasteiger partial charge on any atom is 0.364 e. The van der Waals surface area contributed by atoms with Crippen LogP contribution in [0.1, 0.15) is 14.2 Å². The minimum atomic E-state index is -2.92. The van der Waals surface area contributed by atoms with Gasteiger partial charge in [0.15, 0.2) is 0 Å². The van der Waals surface area contributed by atoms with Gasteiger partial charge in [-0.3, -0.25) is 0 Å². The van der Waals surface area contributed by atoms with Crippen LogP contribution in [0.15, 0.2) is 0 Å². The molecule has 0 spiro atoms. The van der Waals surface area contributed by atoms with Gasteiger partial charge < -0.3 is 64.9 Å². The van der Waals surface area contributed by atoms with Crippen LogP contribution in [0.3, 0.4) is 0 Å². The summed E-state index contributed by atoms with van der Waals surface area (Å²) in [7, 11) is 0.922. The van der Waals surface area contributed by atoms with Crippen molar-refractivity contribution in [2.75, 3.05) is 20.3 Å². The molecular formula is C17H28O15. The smallest absolute Gasteiger partial charge is 0.364 e. The number of aliphatic hydroxyl groups excluding tert-OH is 7. The van der Waals surface area contributed by atoms with Gasteiger partial charge in [0, 0.05) is 20.0 Å². The van der Waals surface area contributed by atoms with E-state index in [9.17, 15) is 50.4 Å². The van der Waals surface area contributed by atoms with Crippen molar-refractivity contribution in [2.24, 2.45) is 0 Å². The molecule has 0 saturated carbocycles. The quantitative estimate of drug-likeness (QED) is 0.152. The molecule has 186 valence electrons. The van der Waals surface area contributed by atoms with Crippen molar-refractivity contribution >= 4 is 11.9 Å². The first-order valence-electron chi connectivity index (χ1n) is 10.00. The molecular weight excluding hydrogens is 444 g/mol. The zero-order valence-electron chi connectivity index (χ0n) is 17.8. The first kappa shape index (κ1) is 25.1. The fraction of sp³-hybridized carbons (Fsp3) is 0.882. The summed E-state index contributed by atoms with van der Waals surface area (Å²) in [5.74, 6) is -9.08. The normalized spacial score (nSPS) is 43.7. The molecule has 0 bridgehead atoms. The summed E-state index contributed by atoms with van der Waals surface area (Å²) in [4.78, 5) is 23.5. The van der Waals surface area contributed by atoms with Crippen molar-refractivity contribution < 1.29 is 75.9 Å². The minimum absolute atomic E-state index is 0.736. The lowest BCUT2D eigenvalue weighted by atomic mass is 9.91. The van der Waals surface area contributed by atoms with Crippen LogP contribution in [-0.2, 0) is 28.5 Å². The average Bonchev–Trinajstić information content (AvgIpc) is 2.76. The molecule has 0 radical (unpaired) electrons. The van der Waals surface area contributed by atoms with Gasteiger partial charge in [-0.1, -0.05) is 0 Å². The fourth-order valence-corrected chi connectivity index (χ4v) is 3.46. The van der Waals surface area contributed by atoms with Crippen molar-refractivity contribution in [1.82, 2.24) is 0 Å². The van der Waals surface area contributed by atoms with Crippen LogP contribution < -0.4 is 0 Å². The van der Waals surface area contributed by atoms with Crippen LogP contribution >= 0.6 is 0 Å². The van der Waals surface area contributed by atoms with Gasteiger partial charge in [0.2, 0.25) is 0 Å². The molecule has 9 N–H and O–H groups in total. The molecule has 2 saturated heterocycles. The highest BCUT2D eigenvalue weighted by molar-refractivity contribution is 5.76. The highest BCUT2D eigenvalue weighted by Gasteiger charge is 2.56. The van der Waals surface area contributed by atoms with Crippen molar-refractivity contribution in [1.29, 1.82) is 0 Å². The average molecular weight is 473 g/mol. The van der Waals surface area contributed by atoms with E-state index < -0.39 is 98.4 Å². The number of rotatable bonds is 9. The molecule has 0 aliphatic carbocycles. The Morgan fingerprint density at radius 3 is 1.84 bits per heavy atom. The number of carboxylic acid groups (broad SMARTS) is 2. The van der Waals surface area contributed by atoms with Crippen molar-refractivity contribution in [3.05, 3.63) is 0 Å². The van der Waals surface area contributed by atoms with Crippen LogP contribution in [-0.4, -0.2) is 139 Å². The largest absolute Gasteiger partial charge is 0.477 e. The number of methoxy groups -OCH3 is 1. The molecule has 2 aliphatic heterocycles. The molecule has 2 rings (SSSR count). The predicted molar refractivity (Wildman–Crippen MR) is 95.8 cm³/mol. The molecule has 32 heavy (non-hydrogen) atoms. The summed E-state index contributed by atoms with van der Waals surface area (Å²) in [6.07, 6.45) is -17.2. The van der Waals surface area contributed by atoms with E-state index in [1.807, 2.05) is 0 Å². The zero-order chi connectivity index (χ0) is 25.3. The van der Waals surface area contributed by atoms with Gasteiger partial charge in [-0.2, -0.15) is 0 Å². The number of carbonyl (C=O) groups is 2. The monoisotopic (exact) mass is 473 g/mol. The maximum atomic E-state index is 11.9. The molecule has 0 aromatic carbocycles. The third kappa shape index (κ3) is 5.02. The first-order chi connectivity index (χ1) is 15.2. The van der Waals surface area contributed by atoms with Crippen molar-refractivity contribution in [3.63, 3.8) is 0 Å². The third-order valence-corrected chi connectivity index (χ3v) is 5.35. The molecule has 0 aromatic heterocycles. The van der Waals surface area contributed by atoms with Crippen LogP contribution in [0.4, 0.5) is 0 Å². The fourth-order valence-electron chi connectivity index (χ4n) is 3.46. The van der Waals surface area contributed by atoms with Gasteiger partial charge in [-0.25, -0.2) is 9.59 Å². The van der Waals surface area contributed by atoms with Gasteiger partial charge in [0.1, 0.15) is 36.6 Å². The maximum absolute atomic E-state index is 11.9. The van der Waals surface area contributed by atoms with E-state index in [-0.39, 0.29) is 0 Å². The van der Waals surface area contributed by atoms with E-state index >= 15 is 0 Å². The Balaban J connectivity index is 2.30. The summed E-state index contributed by atoms with van der Waals surface area (Å²) in [5.41, 5.74) is 0. The lowest BCUT2D eigenvalue weighted by Gasteiger charge is -2.45. The van der Waals surface area contributed by atoms with E-state index in [2.05, 4.69) is 0 Å². The van der Waals surface area contributed by atoms with E-state index in [4.69, 9.17) is 25.4 Å². The topological polar surface area (TPSA) is 253 Å². The summed E-state index contributed by atoms with van der Waals surface area (Å²) in [6.45, 7) is -3.35. The zero-order valence-corrected chi connectivity index (χ0v) is 16.8. The molecule has 15 heteroatoms. The van der Waals surface area contributed by atoms with Gasteiger partial charge in [0.05, 0.1) is 26.8 Å². The van der Waals surface area contributed by atoms with Gasteiger partial charge in [0.25, 0.3) is 11.6 Å². The summed E-state index contributed by atoms with van der Waals surface area (Å²) in [6, 6.07) is 0. The standard InChI is InChI=1S/C17H28O15/c1-29-16(14(25)26)2-6(19)11(24)13(31-16)9(22)5-30-17(15(27)28)3-7(20)10(23)12(32-17)8(21)4-18/h6-13,18-24H,2-5H2,1H3,(H,25,26)(H,27,28)/t6-,7-,8-,9-,10-,11-,12-,13-,16-,17-/m1/s1/i5D/t5?,6-,7-,8-,9-,10-,11-,12-,13-,16-,17-. The summed E-state index contributed by atoms with van der Waals surface area (Å²) >= 11 is 0. The Bertz CT molecular complexity index is 710. The second kappa shape index (κ2) is 10.2. The third-order valence-electron chi connectivity index (χ3n) is 5.35. The Labute approximate surface area is 182 Å². The second-order valence-electron chi connectivity index (χ2n) is 7.50. The molecule has 15 nitrogen and oxygen atoms in total. The number of ether oxygens (including phenoxy) is 4. The van der Waals surface area contributed by atoms with Gasteiger partial charge in [-0.05, 0) is 0 Å². The Kier molecular flexibility index (Phi) is 8.00. The van der Waals surface area contributed by atoms with E-state index in [0.717, 1.165) is 7.11 Å². The van der Waals surface area contributed by atoms with E-state index in [1.165, 1.54) is 0 Å². The number of carboxylic acids is 2. The lowest BCUT2D eigenvalue weighted by molar-refractivity contribution is -0.340. The lowest BCUT2D eigenvalue weighted by Crippen LogP contribution is -2.64. The summed E-state index contributed by atoms with van der Waals surface area (Å²) in [5, 5.41) is 88.6. The first-order valence-corrected chi connectivity index (χ1v) is 9.42. The summed E-state index contributed by atoms with van der Waals surface area (Å²) < 4.78 is 28.0. The second-order valence-corrected chi connectivity index (χ2v) is 7.50. The molecule has 0 aromatic rings. The minimum Gasteiger partial charge on any atom is -0.477 e. The van der Waals surface area contributed by atoms with E-state index in [0.29, 0.717) is 0 Å². The molecule has 2 fully saturated rings. The molecule has 2 heterocycles. The van der Waals surface area contributed by atoms with Crippen molar-refractivity contribution in [3.8, 4) is 0 Å².